The fraction of sp³-hybridized carbons (Fsp3) is 0.125. The molecule has 29 heavy (non-hydrogen) atoms. The first-order valence-electron chi connectivity index (χ1n) is 9.47. The summed E-state index contributed by atoms with van der Waals surface area (Å²) in [6, 6.07) is 26.2. The van der Waals surface area contributed by atoms with Crippen LogP contribution in [0.4, 0.5) is 0 Å². The van der Waals surface area contributed by atoms with Crippen LogP contribution in [0.2, 0.25) is 0 Å². The number of nitrogens with zero attached hydrogens (tertiary/aromatic N) is 1. The Balaban J connectivity index is 2.00. The van der Waals surface area contributed by atoms with E-state index in [1.807, 2.05) is 73.7 Å². The van der Waals surface area contributed by atoms with Gasteiger partial charge in [-0.3, -0.25) is 0 Å². The summed E-state index contributed by atoms with van der Waals surface area (Å²) in [7, 11) is -3.75. The van der Waals surface area contributed by atoms with Gasteiger partial charge in [0.2, 0.25) is 0 Å². The Morgan fingerprint density at radius 2 is 1.41 bits per heavy atom. The first-order valence-corrected chi connectivity index (χ1v) is 11.0. The molecule has 0 unspecified atom stereocenters. The summed E-state index contributed by atoms with van der Waals surface area (Å²) in [4.78, 5) is 2.57. The molecule has 0 saturated heterocycles. The minimum Gasteiger partial charge on any atom is -0.200 e. The number of nitrogens with one attached hydrogen (secondary N) is 1. The van der Waals surface area contributed by atoms with Crippen molar-refractivity contribution in [3.05, 3.63) is 108 Å². The van der Waals surface area contributed by atoms with Gasteiger partial charge in [0.1, 0.15) is 0 Å². The minimum atomic E-state index is -3.75. The highest BCUT2D eigenvalue weighted by Gasteiger charge is 2.13. The quantitative estimate of drug-likeness (QED) is 0.436. The molecule has 0 atom stereocenters. The smallest absolute Gasteiger partial charge is 0.200 e. The third-order valence-electron chi connectivity index (χ3n) is 4.52. The number of hydrazone groups is 1. The summed E-state index contributed by atoms with van der Waals surface area (Å²) in [5.41, 5.74) is 4.54. The molecule has 148 valence electrons. The van der Waals surface area contributed by atoms with Gasteiger partial charge in [-0.15, -0.1) is 0 Å². The second-order valence-electron chi connectivity index (χ2n) is 6.66. The molecule has 0 aromatic heterocycles. The second kappa shape index (κ2) is 9.34. The van der Waals surface area contributed by atoms with E-state index in [0.29, 0.717) is 5.71 Å². The molecule has 3 rings (SSSR count). The third-order valence-corrected chi connectivity index (χ3v) is 5.75. The summed E-state index contributed by atoms with van der Waals surface area (Å²) >= 11 is 0. The normalized spacial score (nSPS) is 12.6. The molecule has 5 heteroatoms. The molecule has 4 nitrogen and oxygen atoms in total. The Morgan fingerprint density at radius 1 is 0.862 bits per heavy atom. The summed E-state index contributed by atoms with van der Waals surface area (Å²) in [5, 5.41) is 4.28. The van der Waals surface area contributed by atoms with Gasteiger partial charge in [0.15, 0.2) is 0 Å². The number of aryl methyl sites for hydroxylation is 1. The average molecular weight is 405 g/mol. The molecule has 3 aromatic carbocycles. The maximum atomic E-state index is 12.7. The number of hydrogen-bond donors (Lipinski definition) is 1. The summed E-state index contributed by atoms with van der Waals surface area (Å²) < 4.78 is 25.3. The van der Waals surface area contributed by atoms with Crippen LogP contribution in [0, 0.1) is 6.92 Å². The number of benzene rings is 3. The first kappa shape index (κ1) is 20.6. The van der Waals surface area contributed by atoms with E-state index in [9.17, 15) is 8.42 Å². The molecular weight excluding hydrogens is 380 g/mol. The maximum Gasteiger partial charge on any atom is 0.276 e. The lowest BCUT2D eigenvalue weighted by molar-refractivity contribution is 0.584. The minimum absolute atomic E-state index is 0.182. The highest BCUT2D eigenvalue weighted by Crippen LogP contribution is 2.19. The van der Waals surface area contributed by atoms with Crippen LogP contribution >= 0.6 is 0 Å². The second-order valence-corrected chi connectivity index (χ2v) is 8.32. The predicted molar refractivity (Wildman–Crippen MR) is 119 cm³/mol. The summed E-state index contributed by atoms with van der Waals surface area (Å²) in [5.74, 6) is 0. The number of sulfonamides is 1. The zero-order valence-electron chi connectivity index (χ0n) is 16.5. The summed E-state index contributed by atoms with van der Waals surface area (Å²) in [6.45, 7) is 3.98. The Kier molecular flexibility index (Phi) is 6.62. The van der Waals surface area contributed by atoms with E-state index in [1.165, 1.54) is 0 Å². The average Bonchev–Trinajstić information content (AvgIpc) is 2.75. The van der Waals surface area contributed by atoms with Crippen molar-refractivity contribution in [1.82, 2.24) is 4.83 Å². The van der Waals surface area contributed by atoms with Crippen molar-refractivity contribution in [3.8, 4) is 0 Å². The highest BCUT2D eigenvalue weighted by molar-refractivity contribution is 7.89. The maximum absolute atomic E-state index is 12.7. The van der Waals surface area contributed by atoms with Crippen molar-refractivity contribution in [2.45, 2.75) is 25.2 Å². The molecule has 0 fully saturated rings. The fourth-order valence-electron chi connectivity index (χ4n) is 2.88. The topological polar surface area (TPSA) is 58.5 Å². The third kappa shape index (κ3) is 5.42. The van der Waals surface area contributed by atoms with Gasteiger partial charge in [-0.25, -0.2) is 0 Å². The van der Waals surface area contributed by atoms with Crippen LogP contribution in [0.15, 0.2) is 101 Å². The molecule has 0 saturated carbocycles. The zero-order chi connectivity index (χ0) is 20.7. The van der Waals surface area contributed by atoms with E-state index in [4.69, 9.17) is 0 Å². The van der Waals surface area contributed by atoms with E-state index in [2.05, 4.69) is 16.9 Å². The lowest BCUT2D eigenvalue weighted by Gasteiger charge is -2.09. The van der Waals surface area contributed by atoms with Crippen LogP contribution in [0.3, 0.4) is 0 Å². The fourth-order valence-corrected chi connectivity index (χ4v) is 3.69. The molecule has 0 spiro atoms. The van der Waals surface area contributed by atoms with Gasteiger partial charge in [-0.05, 0) is 42.7 Å². The van der Waals surface area contributed by atoms with E-state index in [-0.39, 0.29) is 4.90 Å². The van der Waals surface area contributed by atoms with Gasteiger partial charge in [-0.2, -0.15) is 18.4 Å². The van der Waals surface area contributed by atoms with E-state index < -0.39 is 10.0 Å². The van der Waals surface area contributed by atoms with E-state index in [0.717, 1.165) is 28.7 Å². The van der Waals surface area contributed by atoms with E-state index in [1.54, 1.807) is 24.3 Å². The zero-order valence-corrected chi connectivity index (χ0v) is 17.4. The molecule has 0 bridgehead atoms. The molecule has 1 N–H and O–H groups in total. The predicted octanol–water partition coefficient (Wildman–Crippen LogP) is 5.17. The number of rotatable bonds is 7. The van der Waals surface area contributed by atoms with Crippen molar-refractivity contribution in [2.75, 3.05) is 0 Å². The lowest BCUT2D eigenvalue weighted by atomic mass is 9.99. The van der Waals surface area contributed by atoms with Gasteiger partial charge in [0.05, 0.1) is 10.6 Å². The Morgan fingerprint density at radius 3 is 1.97 bits per heavy atom. The van der Waals surface area contributed by atoms with Crippen LogP contribution < -0.4 is 4.83 Å². The Bertz CT molecular complexity index is 1100. The molecule has 0 aliphatic heterocycles. The lowest BCUT2D eigenvalue weighted by Crippen LogP contribution is -2.20. The first-order chi connectivity index (χ1) is 14.0. The van der Waals surface area contributed by atoms with Crippen molar-refractivity contribution in [3.63, 3.8) is 0 Å². The molecule has 0 aliphatic carbocycles. The molecule has 3 aromatic rings. The Hall–Kier alpha value is -3.18. The number of hydrogen-bond acceptors (Lipinski definition) is 3. The van der Waals surface area contributed by atoms with Crippen LogP contribution in [0.25, 0.3) is 5.57 Å². The van der Waals surface area contributed by atoms with Gasteiger partial charge < -0.3 is 0 Å². The largest absolute Gasteiger partial charge is 0.276 e. The molecule has 0 aliphatic rings. The van der Waals surface area contributed by atoms with Gasteiger partial charge >= 0.3 is 0 Å². The SMILES string of the molecule is CC/C(=C\C(=N/NS(=O)(=O)c1ccc(C)cc1)c1ccccc1)c1ccccc1. The van der Waals surface area contributed by atoms with Crippen molar-refractivity contribution in [1.29, 1.82) is 0 Å². The Labute approximate surface area is 172 Å². The summed E-state index contributed by atoms with van der Waals surface area (Å²) in [6.07, 6.45) is 2.73. The van der Waals surface area contributed by atoms with Gasteiger partial charge in [0, 0.05) is 5.56 Å². The standard InChI is InChI=1S/C24H24N2O2S/c1-3-20(21-10-6-4-7-11-21)18-24(22-12-8-5-9-13-22)25-26-29(27,28)23-16-14-19(2)15-17-23/h4-18,26H,3H2,1-2H3/b20-18+,25-24+. The van der Waals surface area contributed by atoms with Crippen molar-refractivity contribution < 1.29 is 8.42 Å². The van der Waals surface area contributed by atoms with Gasteiger partial charge in [-0.1, -0.05) is 85.3 Å². The van der Waals surface area contributed by atoms with E-state index >= 15 is 0 Å². The van der Waals surface area contributed by atoms with Crippen molar-refractivity contribution >= 4 is 21.3 Å². The van der Waals surface area contributed by atoms with Gasteiger partial charge in [0.25, 0.3) is 10.0 Å². The molecule has 0 amide bonds. The highest BCUT2D eigenvalue weighted by atomic mass is 32.2. The molecule has 0 heterocycles. The molecule has 0 radical (unpaired) electrons. The van der Waals surface area contributed by atoms with Crippen LogP contribution in [-0.4, -0.2) is 14.1 Å². The molecular formula is C24H24N2O2S. The van der Waals surface area contributed by atoms with Crippen LogP contribution in [-0.2, 0) is 10.0 Å². The monoisotopic (exact) mass is 404 g/mol. The van der Waals surface area contributed by atoms with Crippen molar-refractivity contribution in [2.24, 2.45) is 5.10 Å². The van der Waals surface area contributed by atoms with Crippen LogP contribution in [0.5, 0.6) is 0 Å². The van der Waals surface area contributed by atoms with Crippen LogP contribution in [0.1, 0.15) is 30.0 Å². The number of allylic oxidation sites excluding steroid dienone is 2.